The van der Waals surface area contributed by atoms with Crippen LogP contribution in [0.3, 0.4) is 0 Å². The number of esters is 1. The van der Waals surface area contributed by atoms with Crippen LogP contribution in [0.25, 0.3) is 6.08 Å². The predicted molar refractivity (Wildman–Crippen MR) is 156 cm³/mol. The number of hydrogen-bond donors (Lipinski definition) is 0. The van der Waals surface area contributed by atoms with Crippen LogP contribution in [0.2, 0.25) is 0 Å². The minimum Gasteiger partial charge on any atom is -0.497 e. The zero-order valence-electron chi connectivity index (χ0n) is 23.9. The highest BCUT2D eigenvalue weighted by atomic mass is 32.1. The summed E-state index contributed by atoms with van der Waals surface area (Å²) in [5.74, 6) is 1.19. The summed E-state index contributed by atoms with van der Waals surface area (Å²) in [7, 11) is 4.72. The van der Waals surface area contributed by atoms with E-state index >= 15 is 0 Å². The molecule has 3 aromatic rings. The maximum absolute atomic E-state index is 14.0. The number of carbonyl (C=O) groups excluding carboxylic acids is 1. The Kier molecular flexibility index (Phi) is 8.99. The first-order valence-corrected chi connectivity index (χ1v) is 14.0. The number of rotatable bonds is 10. The molecule has 0 aliphatic carbocycles. The molecular weight excluding hydrogens is 530 g/mol. The van der Waals surface area contributed by atoms with E-state index in [-0.39, 0.29) is 17.7 Å². The first-order valence-electron chi connectivity index (χ1n) is 13.2. The number of benzene rings is 2. The van der Waals surface area contributed by atoms with Gasteiger partial charge in [0.15, 0.2) is 4.80 Å². The van der Waals surface area contributed by atoms with Crippen LogP contribution in [0.5, 0.6) is 17.2 Å². The molecule has 4 rings (SSSR count). The van der Waals surface area contributed by atoms with Gasteiger partial charge in [0.25, 0.3) is 5.56 Å². The highest BCUT2D eigenvalue weighted by Crippen LogP contribution is 2.38. The number of fused-ring (bicyclic) bond motifs is 1. The molecule has 0 fully saturated rings. The maximum atomic E-state index is 14.0. The number of anilines is 1. The van der Waals surface area contributed by atoms with Gasteiger partial charge >= 0.3 is 5.97 Å². The summed E-state index contributed by atoms with van der Waals surface area (Å²) in [6, 6.07) is 10.4. The van der Waals surface area contributed by atoms with E-state index in [1.54, 1.807) is 59.5 Å². The van der Waals surface area contributed by atoms with Gasteiger partial charge in [0.05, 0.1) is 43.7 Å². The fraction of sp³-hybridized carbons (Fsp3) is 0.367. The van der Waals surface area contributed by atoms with Crippen LogP contribution in [0.4, 0.5) is 5.69 Å². The Morgan fingerprint density at radius 1 is 1.02 bits per heavy atom. The summed E-state index contributed by atoms with van der Waals surface area (Å²) < 4.78 is 24.2. The van der Waals surface area contributed by atoms with Gasteiger partial charge in [-0.3, -0.25) is 9.36 Å². The smallest absolute Gasteiger partial charge is 0.338 e. The van der Waals surface area contributed by atoms with Crippen molar-refractivity contribution in [2.24, 2.45) is 4.99 Å². The minimum absolute atomic E-state index is 0.186. The Morgan fingerprint density at radius 2 is 1.75 bits per heavy atom. The average molecular weight is 566 g/mol. The number of aromatic nitrogens is 1. The van der Waals surface area contributed by atoms with Crippen molar-refractivity contribution in [2.45, 2.75) is 33.7 Å². The van der Waals surface area contributed by atoms with Crippen molar-refractivity contribution in [2.75, 3.05) is 45.9 Å². The number of thiazole rings is 1. The summed E-state index contributed by atoms with van der Waals surface area (Å²) in [5, 5.41) is 0. The molecule has 0 unspecified atom stereocenters. The van der Waals surface area contributed by atoms with Gasteiger partial charge in [0.2, 0.25) is 0 Å². The van der Waals surface area contributed by atoms with Crippen molar-refractivity contribution >= 4 is 29.1 Å². The van der Waals surface area contributed by atoms with Gasteiger partial charge in [-0.15, -0.1) is 0 Å². The predicted octanol–water partition coefficient (Wildman–Crippen LogP) is 3.67. The second kappa shape index (κ2) is 12.4. The second-order valence-corrected chi connectivity index (χ2v) is 10.0. The summed E-state index contributed by atoms with van der Waals surface area (Å²) in [4.78, 5) is 34.6. The Balaban J connectivity index is 1.96. The van der Waals surface area contributed by atoms with Crippen molar-refractivity contribution in [3.8, 4) is 17.2 Å². The van der Waals surface area contributed by atoms with E-state index in [1.165, 1.54) is 15.9 Å². The van der Waals surface area contributed by atoms with Crippen molar-refractivity contribution < 1.29 is 23.7 Å². The summed E-state index contributed by atoms with van der Waals surface area (Å²) in [6.45, 7) is 9.61. The average Bonchev–Trinajstić information content (AvgIpc) is 3.27. The van der Waals surface area contributed by atoms with Crippen LogP contribution in [0.1, 0.15) is 44.9 Å². The number of hydrogen-bond acceptors (Lipinski definition) is 9. The van der Waals surface area contributed by atoms with E-state index < -0.39 is 12.0 Å². The van der Waals surface area contributed by atoms with E-state index in [2.05, 4.69) is 23.7 Å². The molecular formula is C30H35N3O6S. The third-order valence-corrected chi connectivity index (χ3v) is 7.86. The van der Waals surface area contributed by atoms with Crippen LogP contribution < -0.4 is 34.0 Å². The summed E-state index contributed by atoms with van der Waals surface area (Å²) >= 11 is 1.25. The number of allylic oxidation sites excluding steroid dienone is 1. The van der Waals surface area contributed by atoms with Crippen molar-refractivity contribution in [1.29, 1.82) is 0 Å². The van der Waals surface area contributed by atoms with Crippen LogP contribution in [-0.2, 0) is 9.53 Å². The van der Waals surface area contributed by atoms with Gasteiger partial charge in [-0.2, -0.15) is 0 Å². The lowest BCUT2D eigenvalue weighted by atomic mass is 9.94. The molecule has 0 N–H and O–H groups in total. The molecule has 2 heterocycles. The first kappa shape index (κ1) is 28.9. The fourth-order valence-electron chi connectivity index (χ4n) is 4.88. The topological polar surface area (TPSA) is 91.6 Å². The molecule has 9 nitrogen and oxygen atoms in total. The van der Waals surface area contributed by atoms with E-state index in [0.717, 1.165) is 24.3 Å². The van der Waals surface area contributed by atoms with Gasteiger partial charge < -0.3 is 23.8 Å². The van der Waals surface area contributed by atoms with Crippen LogP contribution >= 0.6 is 11.3 Å². The molecule has 10 heteroatoms. The summed E-state index contributed by atoms with van der Waals surface area (Å²) in [5.41, 5.74) is 2.85. The lowest BCUT2D eigenvalue weighted by molar-refractivity contribution is -0.139. The van der Waals surface area contributed by atoms with Crippen molar-refractivity contribution in [3.63, 3.8) is 0 Å². The third-order valence-electron chi connectivity index (χ3n) is 6.88. The zero-order chi connectivity index (χ0) is 29.0. The Morgan fingerprint density at radius 3 is 2.38 bits per heavy atom. The van der Waals surface area contributed by atoms with Gasteiger partial charge in [-0.05, 0) is 64.1 Å². The van der Waals surface area contributed by atoms with E-state index in [4.69, 9.17) is 18.9 Å². The zero-order valence-corrected chi connectivity index (χ0v) is 24.8. The third kappa shape index (κ3) is 5.36. The highest BCUT2D eigenvalue weighted by molar-refractivity contribution is 7.07. The Hall–Kier alpha value is -4.05. The van der Waals surface area contributed by atoms with E-state index in [0.29, 0.717) is 37.8 Å². The molecule has 0 saturated heterocycles. The lowest BCUT2D eigenvalue weighted by Gasteiger charge is -2.26. The maximum Gasteiger partial charge on any atom is 0.338 e. The largest absolute Gasteiger partial charge is 0.497 e. The molecule has 1 aromatic heterocycles. The minimum atomic E-state index is -0.825. The standard InChI is InChI=1S/C30H35N3O6S/c1-8-32(9-2)20-12-11-19(24(16-20)38-7)15-25-28(34)33-27(22-17-21(36-5)13-14-23(22)37-6)26(29(35)39-10-3)18(4)31-30(33)40-25/h11-17,27H,8-10H2,1-7H3/b25-15-/t27-/m0/s1. The summed E-state index contributed by atoms with van der Waals surface area (Å²) in [6.07, 6.45) is 1.80. The lowest BCUT2D eigenvalue weighted by Crippen LogP contribution is -2.40. The molecule has 0 bridgehead atoms. The van der Waals surface area contributed by atoms with Gasteiger partial charge in [-0.1, -0.05) is 11.3 Å². The Bertz CT molecular complexity index is 1620. The molecule has 1 atom stereocenters. The molecule has 40 heavy (non-hydrogen) atoms. The molecule has 2 aromatic carbocycles. The van der Waals surface area contributed by atoms with Crippen LogP contribution in [0.15, 0.2) is 57.5 Å². The number of carbonyl (C=O) groups is 1. The van der Waals surface area contributed by atoms with Gasteiger partial charge in [-0.25, -0.2) is 9.79 Å². The molecule has 0 saturated carbocycles. The number of ether oxygens (including phenoxy) is 4. The molecule has 0 radical (unpaired) electrons. The van der Waals surface area contributed by atoms with Crippen LogP contribution in [-0.4, -0.2) is 51.6 Å². The quantitative estimate of drug-likeness (QED) is 0.347. The number of nitrogens with zero attached hydrogens (tertiary/aromatic N) is 3. The second-order valence-electron chi connectivity index (χ2n) is 9.01. The van der Waals surface area contributed by atoms with Gasteiger partial charge in [0.1, 0.15) is 23.3 Å². The molecule has 212 valence electrons. The molecule has 1 aliphatic heterocycles. The van der Waals surface area contributed by atoms with Crippen LogP contribution in [0, 0.1) is 0 Å². The monoisotopic (exact) mass is 565 g/mol. The fourth-order valence-corrected chi connectivity index (χ4v) is 5.92. The molecule has 0 amide bonds. The van der Waals surface area contributed by atoms with E-state index in [9.17, 15) is 9.59 Å². The van der Waals surface area contributed by atoms with Crippen molar-refractivity contribution in [1.82, 2.24) is 4.57 Å². The Labute approximate surface area is 237 Å². The van der Waals surface area contributed by atoms with Gasteiger partial charge in [0, 0.05) is 36.0 Å². The van der Waals surface area contributed by atoms with Crippen molar-refractivity contribution in [3.05, 3.63) is 78.5 Å². The number of methoxy groups -OCH3 is 3. The normalized spacial score (nSPS) is 14.9. The van der Waals surface area contributed by atoms with E-state index in [1.807, 2.05) is 18.2 Å². The molecule has 1 aliphatic rings. The first-order chi connectivity index (χ1) is 19.3. The molecule has 0 spiro atoms. The SMILES string of the molecule is CCOC(=O)C1=C(C)N=c2s/c(=C\c3ccc(N(CC)CC)cc3OC)c(=O)n2[C@H]1c1cc(OC)ccc1OC. The highest BCUT2D eigenvalue weighted by Gasteiger charge is 2.35.